The molecule has 0 spiro atoms. The summed E-state index contributed by atoms with van der Waals surface area (Å²) < 4.78 is 33.9. The zero-order valence-electron chi connectivity index (χ0n) is 26.6. The third-order valence-corrected chi connectivity index (χ3v) is 9.38. The highest BCUT2D eigenvalue weighted by Gasteiger charge is 2.53. The van der Waals surface area contributed by atoms with Crippen molar-refractivity contribution in [1.82, 2.24) is 10.2 Å². The van der Waals surface area contributed by atoms with Crippen LogP contribution in [-0.4, -0.2) is 133 Å². The largest absolute Gasteiger partial charge is 0.456 e. The fraction of sp³-hybridized carbons (Fsp3) is 0.700. The van der Waals surface area contributed by atoms with Crippen molar-refractivity contribution >= 4 is 17.8 Å². The molecular formula is C30H38N4O15. The Labute approximate surface area is 279 Å². The Morgan fingerprint density at radius 1 is 0.857 bits per heavy atom. The Balaban J connectivity index is 1.07. The summed E-state index contributed by atoms with van der Waals surface area (Å²) in [5.41, 5.74) is 0.965. The van der Waals surface area contributed by atoms with E-state index in [0.717, 1.165) is 5.56 Å². The average Bonchev–Trinajstić information content (AvgIpc) is 3.90. The standard InChI is InChI=1S/C30H38N4O15/c1-16(28(35)32-11-5-8-19(32)30(37)47-21-13-43-27-23(49-34(40)41)15-45-25(21)27)31-18(10-9-17-6-3-2-4-7-17)29(36)46-20-12-42-26-22(48-33(38)39)14-44-24(20)26/h2-4,6-7,16,18-27,31H,5,8-15H2,1H3/t16-,18-,19-,20+,21+,22+,23+,24-,25-,26-,27-/m0/s1. The predicted molar refractivity (Wildman–Crippen MR) is 158 cm³/mol. The molecule has 5 aliphatic heterocycles. The van der Waals surface area contributed by atoms with Crippen LogP contribution in [0.15, 0.2) is 30.3 Å². The molecule has 0 saturated carbocycles. The highest BCUT2D eigenvalue weighted by Crippen LogP contribution is 2.33. The lowest BCUT2D eigenvalue weighted by Crippen LogP contribution is -2.54. The summed E-state index contributed by atoms with van der Waals surface area (Å²) in [5, 5.41) is 22.9. The van der Waals surface area contributed by atoms with Gasteiger partial charge in [0.2, 0.25) is 5.91 Å². The second-order valence-electron chi connectivity index (χ2n) is 12.5. The van der Waals surface area contributed by atoms with Gasteiger partial charge in [0.15, 0.2) is 24.4 Å². The maximum Gasteiger partial charge on any atom is 0.329 e. The van der Waals surface area contributed by atoms with E-state index in [-0.39, 0.29) is 32.8 Å². The lowest BCUT2D eigenvalue weighted by atomic mass is 10.0. The molecule has 19 heteroatoms. The number of ether oxygens (including phenoxy) is 6. The third-order valence-electron chi connectivity index (χ3n) is 9.38. The first kappa shape index (κ1) is 34.7. The monoisotopic (exact) mass is 694 g/mol. The highest BCUT2D eigenvalue weighted by molar-refractivity contribution is 5.88. The molecule has 11 atom stereocenters. The Bertz CT molecular complexity index is 1390. The summed E-state index contributed by atoms with van der Waals surface area (Å²) in [5.74, 6) is -1.73. The Morgan fingerprint density at radius 3 is 1.96 bits per heavy atom. The van der Waals surface area contributed by atoms with Crippen LogP contribution in [0.4, 0.5) is 0 Å². The van der Waals surface area contributed by atoms with Gasteiger partial charge in [-0.3, -0.25) is 14.9 Å². The first-order valence-corrected chi connectivity index (χ1v) is 16.2. The van der Waals surface area contributed by atoms with Crippen LogP contribution >= 0.6 is 0 Å². The molecule has 19 nitrogen and oxygen atoms in total. The fourth-order valence-corrected chi connectivity index (χ4v) is 7.04. The number of carbonyl (C=O) groups is 3. The molecule has 268 valence electrons. The van der Waals surface area contributed by atoms with E-state index in [9.17, 15) is 34.6 Å². The van der Waals surface area contributed by atoms with Crippen LogP contribution in [0, 0.1) is 20.2 Å². The van der Waals surface area contributed by atoms with Crippen LogP contribution in [0.25, 0.3) is 0 Å². The molecule has 0 aromatic heterocycles. The predicted octanol–water partition coefficient (Wildman–Crippen LogP) is -0.470. The summed E-state index contributed by atoms with van der Waals surface area (Å²) >= 11 is 0. The molecule has 5 heterocycles. The van der Waals surface area contributed by atoms with Crippen molar-refractivity contribution in [3.63, 3.8) is 0 Å². The maximum atomic E-state index is 13.7. The summed E-state index contributed by atoms with van der Waals surface area (Å²) in [6.45, 7) is 1.62. The van der Waals surface area contributed by atoms with E-state index in [1.54, 1.807) is 6.92 Å². The van der Waals surface area contributed by atoms with E-state index in [4.69, 9.17) is 28.4 Å². The van der Waals surface area contributed by atoms with Gasteiger partial charge in [0.05, 0.1) is 32.5 Å². The lowest BCUT2D eigenvalue weighted by molar-refractivity contribution is -0.769. The molecule has 0 unspecified atom stereocenters. The number of nitrogens with one attached hydrogen (secondary N) is 1. The van der Waals surface area contributed by atoms with Gasteiger partial charge in [-0.2, -0.15) is 0 Å². The van der Waals surface area contributed by atoms with Gasteiger partial charge in [-0.1, -0.05) is 30.3 Å². The number of nitrogens with zero attached hydrogens (tertiary/aromatic N) is 3. The number of fused-ring (bicyclic) bond motifs is 2. The molecule has 6 rings (SSSR count). The zero-order valence-corrected chi connectivity index (χ0v) is 26.6. The molecule has 1 aromatic carbocycles. The van der Waals surface area contributed by atoms with Crippen LogP contribution in [0.5, 0.6) is 0 Å². The average molecular weight is 695 g/mol. The second-order valence-corrected chi connectivity index (χ2v) is 12.5. The highest BCUT2D eigenvalue weighted by atomic mass is 17.0. The normalized spacial score (nSPS) is 32.9. The first-order valence-electron chi connectivity index (χ1n) is 16.2. The van der Waals surface area contributed by atoms with Gasteiger partial charge in [-0.25, -0.2) is 4.79 Å². The summed E-state index contributed by atoms with van der Waals surface area (Å²) in [6.07, 6.45) is -4.91. The lowest BCUT2D eigenvalue weighted by Gasteiger charge is -2.30. The second kappa shape index (κ2) is 15.2. The van der Waals surface area contributed by atoms with Crippen LogP contribution in [-0.2, 0) is 58.9 Å². The number of likely N-dealkylation sites (tertiary alicyclic amines) is 1. The van der Waals surface area contributed by atoms with Gasteiger partial charge < -0.3 is 43.0 Å². The number of aryl methyl sites for hydroxylation is 1. The molecule has 5 saturated heterocycles. The Morgan fingerprint density at radius 2 is 1.39 bits per heavy atom. The van der Waals surface area contributed by atoms with Crippen LogP contribution in [0.2, 0.25) is 0 Å². The molecule has 5 fully saturated rings. The van der Waals surface area contributed by atoms with Gasteiger partial charge in [0.1, 0.15) is 36.5 Å². The quantitative estimate of drug-likeness (QED) is 0.147. The van der Waals surface area contributed by atoms with Gasteiger partial charge >= 0.3 is 11.9 Å². The maximum absolute atomic E-state index is 13.7. The van der Waals surface area contributed by atoms with E-state index < -0.39 is 95.0 Å². The topological polar surface area (TPSA) is 227 Å². The molecule has 1 amide bonds. The molecule has 5 aliphatic rings. The van der Waals surface area contributed by atoms with Crippen molar-refractivity contribution in [3.8, 4) is 0 Å². The van der Waals surface area contributed by atoms with Crippen molar-refractivity contribution in [2.45, 2.75) is 99.6 Å². The van der Waals surface area contributed by atoms with E-state index in [0.29, 0.717) is 25.8 Å². The van der Waals surface area contributed by atoms with Crippen molar-refractivity contribution in [2.24, 2.45) is 0 Å². The van der Waals surface area contributed by atoms with E-state index in [1.165, 1.54) is 4.90 Å². The molecule has 1 N–H and O–H groups in total. The van der Waals surface area contributed by atoms with E-state index in [1.807, 2.05) is 30.3 Å². The number of hydrogen-bond donors (Lipinski definition) is 1. The molecule has 1 aromatic rings. The Hall–Kier alpha value is -4.17. The van der Waals surface area contributed by atoms with Gasteiger partial charge in [0, 0.05) is 6.54 Å². The molecule has 0 bridgehead atoms. The minimum atomic E-state index is -0.945. The third kappa shape index (κ3) is 7.85. The van der Waals surface area contributed by atoms with Crippen molar-refractivity contribution in [1.29, 1.82) is 0 Å². The molecule has 0 aliphatic carbocycles. The smallest absolute Gasteiger partial charge is 0.329 e. The SMILES string of the molecule is C[C@H](N[C@@H](CCc1ccccc1)C(=O)O[C@@H]1CO[C@@H]2[C@H]1OC[C@H]2O[N+](=O)[O-])C(=O)N1CCC[C@H]1C(=O)O[C@@H]1CO[C@@H]2[C@H]1OC[C@H]2O[N+](=O)[O-]. The minimum Gasteiger partial charge on any atom is -0.456 e. The zero-order chi connectivity index (χ0) is 34.7. The summed E-state index contributed by atoms with van der Waals surface area (Å²) in [4.78, 5) is 72.9. The fourth-order valence-electron chi connectivity index (χ4n) is 7.04. The minimum absolute atomic E-state index is 0.0371. The van der Waals surface area contributed by atoms with Crippen LogP contribution in [0.1, 0.15) is 31.7 Å². The first-order chi connectivity index (χ1) is 23.6. The number of esters is 2. The number of rotatable bonds is 14. The van der Waals surface area contributed by atoms with E-state index in [2.05, 4.69) is 15.0 Å². The van der Waals surface area contributed by atoms with Crippen molar-refractivity contribution in [3.05, 3.63) is 56.1 Å². The number of amides is 1. The number of hydrogen-bond acceptors (Lipinski definition) is 16. The van der Waals surface area contributed by atoms with Gasteiger partial charge in [0.25, 0.3) is 10.2 Å². The van der Waals surface area contributed by atoms with Gasteiger partial charge in [-0.15, -0.1) is 20.2 Å². The number of carbonyl (C=O) groups excluding carboxylic acids is 3. The molecular weight excluding hydrogens is 656 g/mol. The number of benzene rings is 1. The summed E-state index contributed by atoms with van der Waals surface area (Å²) in [6, 6.07) is 6.71. The summed E-state index contributed by atoms with van der Waals surface area (Å²) in [7, 11) is 0. The van der Waals surface area contributed by atoms with Crippen molar-refractivity contribution < 1.29 is 62.7 Å². The molecule has 49 heavy (non-hydrogen) atoms. The van der Waals surface area contributed by atoms with Crippen LogP contribution < -0.4 is 5.32 Å². The van der Waals surface area contributed by atoms with E-state index >= 15 is 0 Å². The Kier molecular flexibility index (Phi) is 10.7. The van der Waals surface area contributed by atoms with Crippen molar-refractivity contribution in [2.75, 3.05) is 33.0 Å². The van der Waals surface area contributed by atoms with Gasteiger partial charge in [-0.05, 0) is 38.2 Å². The molecule has 0 radical (unpaired) electrons. The van der Waals surface area contributed by atoms with Crippen LogP contribution in [0.3, 0.4) is 0 Å².